The largest absolute Gasteiger partial charge is 0.345 e. The maximum Gasteiger partial charge on any atom is 0.222 e. The van der Waals surface area contributed by atoms with Gasteiger partial charge < -0.3 is 10.2 Å². The van der Waals surface area contributed by atoms with Gasteiger partial charge in [-0.25, -0.2) is 0 Å². The number of amides is 1. The lowest BCUT2D eigenvalue weighted by atomic mass is 9.93. The second kappa shape index (κ2) is 11.7. The Morgan fingerprint density at radius 3 is 2.55 bits per heavy atom. The van der Waals surface area contributed by atoms with E-state index >= 15 is 0 Å². The Morgan fingerprint density at radius 2 is 1.91 bits per heavy atom. The molecule has 1 amide bonds. The van der Waals surface area contributed by atoms with Crippen LogP contribution in [0.2, 0.25) is 0 Å². The van der Waals surface area contributed by atoms with Crippen LogP contribution in [-0.4, -0.2) is 42.5 Å². The van der Waals surface area contributed by atoms with E-state index in [9.17, 15) is 4.79 Å². The van der Waals surface area contributed by atoms with Crippen LogP contribution in [0.3, 0.4) is 0 Å². The van der Waals surface area contributed by atoms with Crippen LogP contribution in [0.25, 0.3) is 0 Å². The lowest BCUT2D eigenvalue weighted by Gasteiger charge is -2.23. The number of nitrogens with one attached hydrogen (secondary N) is 1. The number of halogens is 2. The summed E-state index contributed by atoms with van der Waals surface area (Å²) >= 11 is 0. The molecule has 1 aromatic rings. The monoisotopic (exact) mass is 347 g/mol. The molecule has 22 heavy (non-hydrogen) atoms. The van der Waals surface area contributed by atoms with Gasteiger partial charge in [0.2, 0.25) is 5.91 Å². The Morgan fingerprint density at radius 1 is 1.27 bits per heavy atom. The molecule has 2 heterocycles. The van der Waals surface area contributed by atoms with E-state index < -0.39 is 0 Å². The molecule has 0 atom stereocenters. The van der Waals surface area contributed by atoms with E-state index in [4.69, 9.17) is 0 Å². The summed E-state index contributed by atoms with van der Waals surface area (Å²) in [7, 11) is 1.91. The Bertz CT molecular complexity index is 411. The second-order valence-electron chi connectivity index (χ2n) is 5.65. The first-order chi connectivity index (χ1) is 9.75. The molecule has 4 nitrogen and oxygen atoms in total. The van der Waals surface area contributed by atoms with Crippen LogP contribution in [0.4, 0.5) is 0 Å². The van der Waals surface area contributed by atoms with Crippen molar-refractivity contribution in [3.8, 4) is 0 Å². The molecule has 1 saturated heterocycles. The molecule has 126 valence electrons. The zero-order valence-corrected chi connectivity index (χ0v) is 14.8. The summed E-state index contributed by atoms with van der Waals surface area (Å²) in [5.74, 6) is 1.01. The molecule has 1 aliphatic rings. The van der Waals surface area contributed by atoms with E-state index in [1.54, 1.807) is 12.4 Å². The molecule has 1 N–H and O–H groups in total. The van der Waals surface area contributed by atoms with Gasteiger partial charge in [0.05, 0.1) is 0 Å². The zero-order chi connectivity index (χ0) is 14.2. The van der Waals surface area contributed by atoms with Crippen LogP contribution in [-0.2, 0) is 11.2 Å². The normalized spacial score (nSPS) is 14.6. The molecular formula is C16H27Cl2N3O. The first kappa shape index (κ1) is 21.2. The Kier molecular flexibility index (Phi) is 11.2. The zero-order valence-electron chi connectivity index (χ0n) is 13.2. The number of likely N-dealkylation sites (N-methyl/N-ethyl adjacent to an activating group) is 1. The molecular weight excluding hydrogens is 321 g/mol. The van der Waals surface area contributed by atoms with E-state index in [-0.39, 0.29) is 30.7 Å². The predicted octanol–water partition coefficient (Wildman–Crippen LogP) is 2.71. The average Bonchev–Trinajstić information content (AvgIpc) is 2.52. The van der Waals surface area contributed by atoms with Gasteiger partial charge in [-0.3, -0.25) is 9.78 Å². The molecule has 0 saturated carbocycles. The van der Waals surface area contributed by atoms with Crippen molar-refractivity contribution in [2.24, 2.45) is 5.92 Å². The summed E-state index contributed by atoms with van der Waals surface area (Å²) in [6.45, 7) is 3.00. The predicted molar refractivity (Wildman–Crippen MR) is 94.9 cm³/mol. The van der Waals surface area contributed by atoms with Gasteiger partial charge in [0.25, 0.3) is 0 Å². The van der Waals surface area contributed by atoms with Crippen molar-refractivity contribution in [1.29, 1.82) is 0 Å². The van der Waals surface area contributed by atoms with Gasteiger partial charge in [0.1, 0.15) is 0 Å². The van der Waals surface area contributed by atoms with E-state index in [1.165, 1.54) is 18.4 Å². The number of nitrogens with zero attached hydrogens (tertiary/aromatic N) is 2. The first-order valence-corrected chi connectivity index (χ1v) is 7.59. The number of carbonyl (C=O) groups excluding carboxylic acids is 1. The van der Waals surface area contributed by atoms with Gasteiger partial charge in [-0.1, -0.05) is 0 Å². The fourth-order valence-corrected chi connectivity index (χ4v) is 2.66. The fraction of sp³-hybridized carbons (Fsp3) is 0.625. The van der Waals surface area contributed by atoms with E-state index in [2.05, 4.69) is 10.3 Å². The number of aromatic nitrogens is 1. The minimum atomic E-state index is 0. The van der Waals surface area contributed by atoms with Gasteiger partial charge in [-0.05, 0) is 62.4 Å². The fourth-order valence-electron chi connectivity index (χ4n) is 2.66. The lowest BCUT2D eigenvalue weighted by Crippen LogP contribution is -2.31. The number of piperidine rings is 1. The summed E-state index contributed by atoms with van der Waals surface area (Å²) in [4.78, 5) is 18.0. The summed E-state index contributed by atoms with van der Waals surface area (Å²) in [5.41, 5.74) is 1.23. The highest BCUT2D eigenvalue weighted by atomic mass is 35.5. The number of carbonyl (C=O) groups is 1. The molecule has 0 aliphatic carbocycles. The number of hydrogen-bond donors (Lipinski definition) is 1. The molecule has 1 aliphatic heterocycles. The van der Waals surface area contributed by atoms with Gasteiger partial charge in [0, 0.05) is 32.4 Å². The van der Waals surface area contributed by atoms with E-state index in [1.807, 2.05) is 24.1 Å². The quantitative estimate of drug-likeness (QED) is 0.860. The highest BCUT2D eigenvalue weighted by Gasteiger charge is 2.16. The van der Waals surface area contributed by atoms with Gasteiger partial charge in [-0.2, -0.15) is 0 Å². The standard InChI is InChI=1S/C16H25N3O.2ClH/c1-19(13-8-15-6-11-18-12-7-15)16(20)3-2-14-4-9-17-10-5-14;;/h6-7,11-12,14,17H,2-5,8-10,13H2,1H3;2*1H. The molecule has 1 aromatic heterocycles. The Labute approximate surface area is 145 Å². The van der Waals surface area contributed by atoms with Crippen LogP contribution in [0.5, 0.6) is 0 Å². The van der Waals surface area contributed by atoms with Crippen LogP contribution < -0.4 is 5.32 Å². The molecule has 0 aromatic carbocycles. The third-order valence-electron chi connectivity index (χ3n) is 4.14. The Hall–Kier alpha value is -0.840. The third-order valence-corrected chi connectivity index (χ3v) is 4.14. The second-order valence-corrected chi connectivity index (χ2v) is 5.65. The van der Waals surface area contributed by atoms with Gasteiger partial charge >= 0.3 is 0 Å². The first-order valence-electron chi connectivity index (χ1n) is 7.59. The average molecular weight is 348 g/mol. The van der Waals surface area contributed by atoms with Crippen LogP contribution in [0.15, 0.2) is 24.5 Å². The summed E-state index contributed by atoms with van der Waals surface area (Å²) in [6, 6.07) is 4.01. The van der Waals surface area contributed by atoms with Crippen molar-refractivity contribution >= 4 is 30.7 Å². The van der Waals surface area contributed by atoms with Gasteiger partial charge in [-0.15, -0.1) is 24.8 Å². The minimum absolute atomic E-state index is 0. The molecule has 0 bridgehead atoms. The number of rotatable bonds is 6. The van der Waals surface area contributed by atoms with E-state index in [0.29, 0.717) is 6.42 Å². The Balaban J connectivity index is 0.00000220. The topological polar surface area (TPSA) is 45.2 Å². The molecule has 0 spiro atoms. The molecule has 1 fully saturated rings. The van der Waals surface area contributed by atoms with Crippen molar-refractivity contribution in [3.63, 3.8) is 0 Å². The van der Waals surface area contributed by atoms with Crippen molar-refractivity contribution in [2.75, 3.05) is 26.7 Å². The summed E-state index contributed by atoms with van der Waals surface area (Å²) in [5, 5.41) is 3.36. The summed E-state index contributed by atoms with van der Waals surface area (Å²) in [6.07, 6.45) is 8.67. The molecule has 2 rings (SSSR count). The lowest BCUT2D eigenvalue weighted by molar-refractivity contribution is -0.130. The SMILES string of the molecule is CN(CCc1ccncc1)C(=O)CCC1CCNCC1.Cl.Cl. The molecule has 6 heteroatoms. The van der Waals surface area contributed by atoms with Crippen LogP contribution in [0.1, 0.15) is 31.2 Å². The highest BCUT2D eigenvalue weighted by Crippen LogP contribution is 2.18. The van der Waals surface area contributed by atoms with Crippen LogP contribution >= 0.6 is 24.8 Å². The van der Waals surface area contributed by atoms with Crippen molar-refractivity contribution in [1.82, 2.24) is 15.2 Å². The van der Waals surface area contributed by atoms with Crippen LogP contribution in [0, 0.1) is 5.92 Å². The summed E-state index contributed by atoms with van der Waals surface area (Å²) < 4.78 is 0. The maximum atomic E-state index is 12.1. The van der Waals surface area contributed by atoms with E-state index in [0.717, 1.165) is 38.4 Å². The molecule has 0 radical (unpaired) electrons. The smallest absolute Gasteiger partial charge is 0.222 e. The number of pyridine rings is 1. The van der Waals surface area contributed by atoms with Crippen molar-refractivity contribution in [3.05, 3.63) is 30.1 Å². The molecule has 0 unspecified atom stereocenters. The van der Waals surface area contributed by atoms with Crippen molar-refractivity contribution in [2.45, 2.75) is 32.1 Å². The maximum absolute atomic E-state index is 12.1. The van der Waals surface area contributed by atoms with Crippen molar-refractivity contribution < 1.29 is 4.79 Å². The highest BCUT2D eigenvalue weighted by molar-refractivity contribution is 5.85. The van der Waals surface area contributed by atoms with Gasteiger partial charge in [0.15, 0.2) is 0 Å². The number of hydrogen-bond acceptors (Lipinski definition) is 3. The minimum Gasteiger partial charge on any atom is -0.345 e. The third kappa shape index (κ3) is 7.43.